The summed E-state index contributed by atoms with van der Waals surface area (Å²) in [5.74, 6) is 0.986. The number of aryl methyl sites for hydroxylation is 1. The summed E-state index contributed by atoms with van der Waals surface area (Å²) >= 11 is 0. The van der Waals surface area contributed by atoms with Crippen LogP contribution in [-0.4, -0.2) is 29.5 Å². The number of fused-ring (bicyclic) bond motifs is 7. The van der Waals surface area contributed by atoms with E-state index in [1.165, 1.54) is 18.5 Å². The van der Waals surface area contributed by atoms with Gasteiger partial charge in [0.25, 0.3) is 0 Å². The van der Waals surface area contributed by atoms with Crippen molar-refractivity contribution in [2.45, 2.75) is 33.0 Å². The first-order chi connectivity index (χ1) is 14.5. The zero-order chi connectivity index (χ0) is 20.8. The highest BCUT2D eigenvalue weighted by molar-refractivity contribution is 5.68. The standard InChI is InChI=1S/C21H20FN7O/c1-3-28-19-13-6-18(20(23)24-8-13)30-12(2)17-7-15(22)4-5-16(17)21-25-11-27-29(21)10-14(19)9-26-28/h4-9,11-12H,3,10H2,1-2H3,(H2,23,24). The maximum Gasteiger partial charge on any atom is 0.166 e. The van der Waals surface area contributed by atoms with Crippen molar-refractivity contribution in [3.8, 4) is 28.4 Å². The van der Waals surface area contributed by atoms with E-state index in [9.17, 15) is 4.39 Å². The fourth-order valence-corrected chi connectivity index (χ4v) is 3.87. The van der Waals surface area contributed by atoms with Gasteiger partial charge < -0.3 is 10.5 Å². The van der Waals surface area contributed by atoms with Gasteiger partial charge in [0.05, 0.1) is 18.4 Å². The molecule has 0 radical (unpaired) electrons. The lowest BCUT2D eigenvalue weighted by atomic mass is 10.0. The van der Waals surface area contributed by atoms with Crippen LogP contribution in [0.1, 0.15) is 31.1 Å². The average molecular weight is 405 g/mol. The van der Waals surface area contributed by atoms with Gasteiger partial charge in [-0.1, -0.05) is 0 Å². The Kier molecular flexibility index (Phi) is 4.23. The van der Waals surface area contributed by atoms with Crippen LogP contribution in [0.5, 0.6) is 5.75 Å². The molecule has 1 atom stereocenters. The third kappa shape index (κ3) is 2.90. The second-order valence-corrected chi connectivity index (χ2v) is 7.17. The predicted molar refractivity (Wildman–Crippen MR) is 109 cm³/mol. The lowest BCUT2D eigenvalue weighted by Gasteiger charge is -2.21. The molecule has 5 rings (SSSR count). The number of anilines is 1. The zero-order valence-electron chi connectivity index (χ0n) is 16.6. The number of rotatable bonds is 1. The Hall–Kier alpha value is -3.75. The average Bonchev–Trinajstić information content (AvgIpc) is 3.36. The van der Waals surface area contributed by atoms with Crippen LogP contribution in [0.3, 0.4) is 0 Å². The molecule has 0 aliphatic carbocycles. The summed E-state index contributed by atoms with van der Waals surface area (Å²) in [5, 5.41) is 8.93. The summed E-state index contributed by atoms with van der Waals surface area (Å²) in [6, 6.07) is 6.42. The minimum Gasteiger partial charge on any atom is -0.482 e. The van der Waals surface area contributed by atoms with Gasteiger partial charge >= 0.3 is 0 Å². The van der Waals surface area contributed by atoms with E-state index in [4.69, 9.17) is 10.5 Å². The fraction of sp³-hybridized carbons (Fsp3) is 0.238. The van der Waals surface area contributed by atoms with Crippen molar-refractivity contribution in [1.29, 1.82) is 0 Å². The third-order valence-electron chi connectivity index (χ3n) is 5.30. The van der Waals surface area contributed by atoms with Crippen LogP contribution in [0.2, 0.25) is 0 Å². The monoisotopic (exact) mass is 405 g/mol. The number of nitrogens with zero attached hydrogens (tertiary/aromatic N) is 6. The first kappa shape index (κ1) is 18.3. The largest absolute Gasteiger partial charge is 0.482 e. The number of aromatic nitrogens is 6. The molecule has 9 heteroatoms. The summed E-state index contributed by atoms with van der Waals surface area (Å²) < 4.78 is 24.0. The Morgan fingerprint density at radius 3 is 2.90 bits per heavy atom. The lowest BCUT2D eigenvalue weighted by Crippen LogP contribution is -2.12. The van der Waals surface area contributed by atoms with Crippen molar-refractivity contribution in [3.05, 3.63) is 59.9 Å². The van der Waals surface area contributed by atoms with Crippen LogP contribution >= 0.6 is 0 Å². The maximum atomic E-state index is 14.1. The van der Waals surface area contributed by atoms with Crippen LogP contribution in [0.4, 0.5) is 10.2 Å². The molecular formula is C21H20FN7O. The smallest absolute Gasteiger partial charge is 0.166 e. The summed E-state index contributed by atoms with van der Waals surface area (Å²) in [4.78, 5) is 8.77. The number of hydrogen-bond acceptors (Lipinski definition) is 6. The van der Waals surface area contributed by atoms with Crippen molar-refractivity contribution in [2.24, 2.45) is 0 Å². The highest BCUT2D eigenvalue weighted by Gasteiger charge is 2.23. The van der Waals surface area contributed by atoms with Crippen molar-refractivity contribution in [3.63, 3.8) is 0 Å². The highest BCUT2D eigenvalue weighted by atomic mass is 19.1. The minimum atomic E-state index is -0.491. The molecular weight excluding hydrogens is 385 g/mol. The Labute approximate surface area is 172 Å². The summed E-state index contributed by atoms with van der Waals surface area (Å²) in [5.41, 5.74) is 10.2. The molecule has 3 aromatic heterocycles. The van der Waals surface area contributed by atoms with Crippen molar-refractivity contribution < 1.29 is 9.13 Å². The van der Waals surface area contributed by atoms with E-state index in [1.807, 2.05) is 30.8 Å². The predicted octanol–water partition coefficient (Wildman–Crippen LogP) is 3.45. The summed E-state index contributed by atoms with van der Waals surface area (Å²) in [7, 11) is 0. The Morgan fingerprint density at radius 1 is 1.20 bits per heavy atom. The second-order valence-electron chi connectivity index (χ2n) is 7.17. The molecule has 152 valence electrons. The van der Waals surface area contributed by atoms with Gasteiger partial charge in [-0.05, 0) is 38.1 Å². The van der Waals surface area contributed by atoms with Crippen LogP contribution in [0.15, 0.2) is 43.0 Å². The van der Waals surface area contributed by atoms with Gasteiger partial charge in [-0.25, -0.2) is 19.0 Å². The molecule has 30 heavy (non-hydrogen) atoms. The molecule has 0 fully saturated rings. The number of ether oxygens (including phenoxy) is 1. The molecule has 1 aliphatic rings. The zero-order valence-corrected chi connectivity index (χ0v) is 16.6. The number of nitrogen functional groups attached to an aromatic ring is 1. The van der Waals surface area contributed by atoms with Gasteiger partial charge in [0.15, 0.2) is 17.4 Å². The Morgan fingerprint density at radius 2 is 2.07 bits per heavy atom. The number of benzene rings is 1. The number of hydrogen-bond donors (Lipinski definition) is 1. The number of halogens is 1. The molecule has 2 N–H and O–H groups in total. The highest BCUT2D eigenvalue weighted by Crippen LogP contribution is 2.36. The Balaban J connectivity index is 1.79. The van der Waals surface area contributed by atoms with Gasteiger partial charge in [0.2, 0.25) is 0 Å². The summed E-state index contributed by atoms with van der Waals surface area (Å²) in [6.45, 7) is 5.02. The molecule has 0 saturated heterocycles. The molecule has 2 bridgehead atoms. The lowest BCUT2D eigenvalue weighted by molar-refractivity contribution is 0.227. The Bertz CT molecular complexity index is 1250. The van der Waals surface area contributed by atoms with E-state index >= 15 is 0 Å². The molecule has 4 heterocycles. The molecule has 1 aromatic carbocycles. The fourth-order valence-electron chi connectivity index (χ4n) is 3.87. The maximum absolute atomic E-state index is 14.1. The minimum absolute atomic E-state index is 0.271. The normalized spacial score (nSPS) is 15.2. The molecule has 1 aliphatic heterocycles. The van der Waals surface area contributed by atoms with Crippen LogP contribution in [0, 0.1) is 5.82 Å². The first-order valence-electron chi connectivity index (χ1n) is 9.70. The van der Waals surface area contributed by atoms with E-state index in [-0.39, 0.29) is 11.6 Å². The number of nitrogens with two attached hydrogens (primary N) is 1. The van der Waals surface area contributed by atoms with Gasteiger partial charge in [-0.3, -0.25) is 4.68 Å². The van der Waals surface area contributed by atoms with Gasteiger partial charge in [-0.15, -0.1) is 0 Å². The van der Waals surface area contributed by atoms with E-state index in [0.29, 0.717) is 30.2 Å². The van der Waals surface area contributed by atoms with Crippen LogP contribution < -0.4 is 10.5 Å². The molecule has 8 nitrogen and oxygen atoms in total. The van der Waals surface area contributed by atoms with E-state index in [0.717, 1.165) is 22.4 Å². The first-order valence-corrected chi connectivity index (χ1v) is 9.70. The van der Waals surface area contributed by atoms with Gasteiger partial charge in [-0.2, -0.15) is 10.2 Å². The van der Waals surface area contributed by atoms with E-state index < -0.39 is 6.10 Å². The molecule has 0 amide bonds. The molecule has 4 aromatic rings. The van der Waals surface area contributed by atoms with Crippen LogP contribution in [-0.2, 0) is 13.1 Å². The van der Waals surface area contributed by atoms with Gasteiger partial charge in [0, 0.05) is 35.0 Å². The molecule has 1 unspecified atom stereocenters. The topological polar surface area (TPSA) is 96.7 Å². The molecule has 0 spiro atoms. The molecule has 0 saturated carbocycles. The van der Waals surface area contributed by atoms with Gasteiger partial charge in [0.1, 0.15) is 18.2 Å². The van der Waals surface area contributed by atoms with E-state index in [2.05, 4.69) is 20.2 Å². The third-order valence-corrected chi connectivity index (χ3v) is 5.30. The van der Waals surface area contributed by atoms with E-state index in [1.54, 1.807) is 16.9 Å². The summed E-state index contributed by atoms with van der Waals surface area (Å²) in [6.07, 6.45) is 4.54. The van der Waals surface area contributed by atoms with Crippen molar-refractivity contribution >= 4 is 5.82 Å². The van der Waals surface area contributed by atoms with Crippen molar-refractivity contribution in [1.82, 2.24) is 29.5 Å². The van der Waals surface area contributed by atoms with Crippen LogP contribution in [0.25, 0.3) is 22.6 Å². The van der Waals surface area contributed by atoms with Crippen molar-refractivity contribution in [2.75, 3.05) is 5.73 Å². The number of pyridine rings is 1. The second kappa shape index (κ2) is 6.94. The SMILES string of the molecule is CCn1ncc2c1-c1cnc(N)c(c1)OC(C)c1cc(F)ccc1-c1ncnn1C2. The quantitative estimate of drug-likeness (QED) is 0.521.